The number of alkyl halides is 3. The van der Waals surface area contributed by atoms with Gasteiger partial charge in [-0.2, -0.15) is 13.2 Å². The number of hydrogen-bond acceptors (Lipinski definition) is 2. The highest BCUT2D eigenvalue weighted by Gasteiger charge is 2.31. The fraction of sp³-hybridized carbons (Fsp3) is 0.133. The average Bonchev–Trinajstić information content (AvgIpc) is 2.48. The first-order valence-electron chi connectivity index (χ1n) is 6.29. The van der Waals surface area contributed by atoms with Gasteiger partial charge in [0.2, 0.25) is 0 Å². The molecule has 116 valence electrons. The Bertz CT molecular complexity index is 701. The van der Waals surface area contributed by atoms with Crippen LogP contribution < -0.4 is 11.1 Å². The van der Waals surface area contributed by atoms with E-state index in [4.69, 9.17) is 17.3 Å². The third-order valence-corrected chi connectivity index (χ3v) is 3.35. The number of halogens is 4. The van der Waals surface area contributed by atoms with Gasteiger partial charge < -0.3 is 11.1 Å². The molecule has 0 saturated heterocycles. The van der Waals surface area contributed by atoms with Gasteiger partial charge >= 0.3 is 6.18 Å². The zero-order valence-corrected chi connectivity index (χ0v) is 12.0. The molecule has 0 unspecified atom stereocenters. The third-order valence-electron chi connectivity index (χ3n) is 3.02. The molecule has 1 amide bonds. The Kier molecular flexibility index (Phi) is 4.73. The van der Waals surface area contributed by atoms with Crippen LogP contribution in [0.25, 0.3) is 0 Å². The molecule has 2 aromatic rings. The molecule has 2 rings (SSSR count). The number of carbonyl (C=O) groups is 1. The maximum Gasteiger partial charge on any atom is 0.416 e. The lowest BCUT2D eigenvalue weighted by Crippen LogP contribution is -2.16. The molecular formula is C15H12ClF3N2O. The fourth-order valence-corrected chi connectivity index (χ4v) is 2.07. The van der Waals surface area contributed by atoms with Crippen LogP contribution in [-0.2, 0) is 12.7 Å². The molecule has 0 aliphatic carbocycles. The molecule has 0 spiro atoms. The monoisotopic (exact) mass is 328 g/mol. The van der Waals surface area contributed by atoms with Crippen molar-refractivity contribution in [2.45, 2.75) is 12.7 Å². The van der Waals surface area contributed by atoms with Crippen LogP contribution in [0.15, 0.2) is 42.5 Å². The summed E-state index contributed by atoms with van der Waals surface area (Å²) < 4.78 is 38.1. The van der Waals surface area contributed by atoms with E-state index in [1.165, 1.54) is 0 Å². The Hall–Kier alpha value is -2.05. The van der Waals surface area contributed by atoms with Crippen LogP contribution in [0.3, 0.4) is 0 Å². The Morgan fingerprint density at radius 2 is 1.86 bits per heavy atom. The van der Waals surface area contributed by atoms with E-state index >= 15 is 0 Å². The van der Waals surface area contributed by atoms with Crippen LogP contribution >= 0.6 is 11.6 Å². The summed E-state index contributed by atoms with van der Waals surface area (Å²) in [4.78, 5) is 12.2. The van der Waals surface area contributed by atoms with Crippen LogP contribution in [-0.4, -0.2) is 5.91 Å². The van der Waals surface area contributed by atoms with Crippen molar-refractivity contribution in [3.63, 3.8) is 0 Å². The van der Waals surface area contributed by atoms with Crippen molar-refractivity contribution < 1.29 is 18.0 Å². The van der Waals surface area contributed by atoms with E-state index in [9.17, 15) is 18.0 Å². The van der Waals surface area contributed by atoms with Gasteiger partial charge in [-0.3, -0.25) is 4.79 Å². The van der Waals surface area contributed by atoms with E-state index in [0.717, 1.165) is 18.2 Å². The SMILES string of the molecule is NCc1ccccc1C(=O)Nc1cc(C(F)(F)F)ccc1Cl. The second-order valence-electron chi connectivity index (χ2n) is 4.51. The third kappa shape index (κ3) is 3.58. The number of benzene rings is 2. The maximum absolute atomic E-state index is 12.7. The lowest BCUT2D eigenvalue weighted by molar-refractivity contribution is -0.137. The largest absolute Gasteiger partial charge is 0.416 e. The first-order chi connectivity index (χ1) is 10.3. The van der Waals surface area contributed by atoms with Gasteiger partial charge in [0.05, 0.1) is 16.3 Å². The van der Waals surface area contributed by atoms with Gasteiger partial charge in [-0.25, -0.2) is 0 Å². The predicted octanol–water partition coefficient (Wildman–Crippen LogP) is 4.07. The van der Waals surface area contributed by atoms with Gasteiger partial charge in [0.25, 0.3) is 5.91 Å². The van der Waals surface area contributed by atoms with Crippen molar-refractivity contribution >= 4 is 23.2 Å². The number of nitrogens with two attached hydrogens (primary N) is 1. The van der Waals surface area contributed by atoms with E-state index in [-0.39, 0.29) is 17.3 Å². The maximum atomic E-state index is 12.7. The van der Waals surface area contributed by atoms with Crippen LogP contribution in [0.2, 0.25) is 5.02 Å². The number of hydrogen-bond donors (Lipinski definition) is 2. The van der Waals surface area contributed by atoms with E-state index in [2.05, 4.69) is 5.32 Å². The summed E-state index contributed by atoms with van der Waals surface area (Å²) in [6.45, 7) is 0.139. The Morgan fingerprint density at radius 3 is 2.50 bits per heavy atom. The molecule has 0 radical (unpaired) electrons. The molecule has 3 nitrogen and oxygen atoms in total. The molecule has 0 aliphatic heterocycles. The summed E-state index contributed by atoms with van der Waals surface area (Å²) in [5.74, 6) is -0.567. The van der Waals surface area contributed by atoms with Crippen LogP contribution in [0, 0.1) is 0 Å². The quantitative estimate of drug-likeness (QED) is 0.892. The molecule has 0 aromatic heterocycles. The minimum atomic E-state index is -4.51. The molecular weight excluding hydrogens is 317 g/mol. The predicted molar refractivity (Wildman–Crippen MR) is 78.7 cm³/mol. The molecule has 0 saturated carbocycles. The topological polar surface area (TPSA) is 55.1 Å². The van der Waals surface area contributed by atoms with E-state index in [0.29, 0.717) is 11.1 Å². The van der Waals surface area contributed by atoms with E-state index in [1.54, 1.807) is 24.3 Å². The highest BCUT2D eigenvalue weighted by Crippen LogP contribution is 2.34. The molecule has 0 aliphatic rings. The first kappa shape index (κ1) is 16.3. The molecule has 3 N–H and O–H groups in total. The van der Waals surface area contributed by atoms with Crippen molar-refractivity contribution in [2.24, 2.45) is 5.73 Å². The van der Waals surface area contributed by atoms with Crippen LogP contribution in [0.5, 0.6) is 0 Å². The number of carbonyl (C=O) groups excluding carboxylic acids is 1. The van der Waals surface area contributed by atoms with Gasteiger partial charge in [-0.15, -0.1) is 0 Å². The number of anilines is 1. The minimum Gasteiger partial charge on any atom is -0.326 e. The highest BCUT2D eigenvalue weighted by molar-refractivity contribution is 6.34. The lowest BCUT2D eigenvalue weighted by atomic mass is 10.1. The zero-order valence-electron chi connectivity index (χ0n) is 11.2. The Balaban J connectivity index is 2.32. The lowest BCUT2D eigenvalue weighted by Gasteiger charge is -2.13. The number of rotatable bonds is 3. The average molecular weight is 329 g/mol. The molecule has 7 heteroatoms. The normalized spacial score (nSPS) is 11.3. The molecule has 0 atom stereocenters. The van der Waals surface area contributed by atoms with Crippen molar-refractivity contribution in [3.05, 3.63) is 64.2 Å². The molecule has 22 heavy (non-hydrogen) atoms. The highest BCUT2D eigenvalue weighted by atomic mass is 35.5. The Labute approximate surface area is 129 Å². The number of nitrogens with one attached hydrogen (secondary N) is 1. The van der Waals surface area contributed by atoms with Crippen molar-refractivity contribution in [1.82, 2.24) is 0 Å². The van der Waals surface area contributed by atoms with E-state index in [1.807, 2.05) is 0 Å². The first-order valence-corrected chi connectivity index (χ1v) is 6.67. The van der Waals surface area contributed by atoms with Gasteiger partial charge in [0.1, 0.15) is 0 Å². The summed E-state index contributed by atoms with van der Waals surface area (Å²) in [5.41, 5.74) is 5.42. The summed E-state index contributed by atoms with van der Waals surface area (Å²) in [5, 5.41) is 2.41. The van der Waals surface area contributed by atoms with Gasteiger partial charge in [-0.1, -0.05) is 29.8 Å². The standard InChI is InChI=1S/C15H12ClF3N2O/c16-12-6-5-10(15(17,18)19)7-13(12)21-14(22)11-4-2-1-3-9(11)8-20/h1-7H,8,20H2,(H,21,22). The second-order valence-corrected chi connectivity index (χ2v) is 4.91. The summed E-state index contributed by atoms with van der Waals surface area (Å²) >= 11 is 5.84. The van der Waals surface area contributed by atoms with E-state index < -0.39 is 17.6 Å². The second kappa shape index (κ2) is 6.37. The molecule has 2 aromatic carbocycles. The minimum absolute atomic E-state index is 0.0200. The molecule has 0 fully saturated rings. The summed E-state index contributed by atoms with van der Waals surface area (Å²) in [6, 6.07) is 9.31. The smallest absolute Gasteiger partial charge is 0.326 e. The van der Waals surface area contributed by atoms with Crippen molar-refractivity contribution in [1.29, 1.82) is 0 Å². The van der Waals surface area contributed by atoms with Crippen molar-refractivity contribution in [3.8, 4) is 0 Å². The van der Waals surface area contributed by atoms with Gasteiger partial charge in [0.15, 0.2) is 0 Å². The zero-order chi connectivity index (χ0) is 16.3. The molecule has 0 bridgehead atoms. The summed E-state index contributed by atoms with van der Waals surface area (Å²) in [6.07, 6.45) is -4.51. The van der Waals surface area contributed by atoms with Gasteiger partial charge in [0, 0.05) is 12.1 Å². The van der Waals surface area contributed by atoms with Crippen molar-refractivity contribution in [2.75, 3.05) is 5.32 Å². The van der Waals surface area contributed by atoms with Crippen LogP contribution in [0.4, 0.5) is 18.9 Å². The summed E-state index contributed by atoms with van der Waals surface area (Å²) in [7, 11) is 0. The van der Waals surface area contributed by atoms with Crippen LogP contribution in [0.1, 0.15) is 21.5 Å². The number of amides is 1. The van der Waals surface area contributed by atoms with Gasteiger partial charge in [-0.05, 0) is 29.8 Å². The molecule has 0 heterocycles. The Morgan fingerprint density at radius 1 is 1.18 bits per heavy atom. The fourth-order valence-electron chi connectivity index (χ4n) is 1.91.